The largest absolute Gasteiger partial charge is 0.462 e. The van der Waals surface area contributed by atoms with E-state index in [9.17, 15) is 17.6 Å². The number of ether oxygens (including phenoxy) is 1. The first-order chi connectivity index (χ1) is 16.7. The van der Waals surface area contributed by atoms with Crippen molar-refractivity contribution >= 4 is 27.2 Å². The molecule has 2 N–H and O–H groups in total. The Labute approximate surface area is 205 Å². The van der Waals surface area contributed by atoms with E-state index in [0.29, 0.717) is 12.2 Å². The minimum Gasteiger partial charge on any atom is -0.462 e. The maximum absolute atomic E-state index is 14.1. The number of benzene rings is 3. The van der Waals surface area contributed by atoms with Gasteiger partial charge in [0.15, 0.2) is 4.91 Å². The van der Waals surface area contributed by atoms with Gasteiger partial charge in [-0.25, -0.2) is 17.6 Å². The van der Waals surface area contributed by atoms with E-state index in [-0.39, 0.29) is 17.2 Å². The first-order valence-electron chi connectivity index (χ1n) is 11.3. The van der Waals surface area contributed by atoms with Crippen molar-refractivity contribution in [1.29, 1.82) is 0 Å². The van der Waals surface area contributed by atoms with Crippen molar-refractivity contribution in [2.45, 2.75) is 38.6 Å². The van der Waals surface area contributed by atoms with Gasteiger partial charge in [-0.1, -0.05) is 48.9 Å². The van der Waals surface area contributed by atoms with E-state index in [2.05, 4.69) is 10.6 Å². The molecule has 0 saturated carbocycles. The number of carbonyl (C=O) groups is 1. The molecule has 0 aliphatic rings. The summed E-state index contributed by atoms with van der Waals surface area (Å²) in [5.41, 5.74) is 3.72. The molecule has 0 aromatic heterocycles. The highest BCUT2D eigenvalue weighted by atomic mass is 32.2. The minimum absolute atomic E-state index is 0.00194. The zero-order valence-electron chi connectivity index (χ0n) is 20.0. The van der Waals surface area contributed by atoms with Crippen molar-refractivity contribution in [3.05, 3.63) is 100 Å². The summed E-state index contributed by atoms with van der Waals surface area (Å²) in [5.74, 6) is -1.61. The van der Waals surface area contributed by atoms with Crippen LogP contribution in [0.3, 0.4) is 0 Å². The Hall–Kier alpha value is -3.65. The molecule has 6 nitrogen and oxygen atoms in total. The number of carbonyl (C=O) groups excluding carboxylic acids is 1. The first-order valence-corrected chi connectivity index (χ1v) is 12.8. The SMILES string of the molecule is CCOC(=O)/C(=C\NCc1ccc(C)cc1)S(=O)(=O)c1ccc(F)cc1Nc1ccc(CC)cc1. The van der Waals surface area contributed by atoms with Crippen LogP contribution >= 0.6 is 0 Å². The summed E-state index contributed by atoms with van der Waals surface area (Å²) < 4.78 is 46.3. The van der Waals surface area contributed by atoms with E-state index in [1.54, 1.807) is 19.1 Å². The van der Waals surface area contributed by atoms with Crippen molar-refractivity contribution in [2.75, 3.05) is 11.9 Å². The zero-order valence-corrected chi connectivity index (χ0v) is 20.8. The van der Waals surface area contributed by atoms with Crippen LogP contribution < -0.4 is 10.6 Å². The number of hydrogen-bond acceptors (Lipinski definition) is 6. The number of aryl methyl sites for hydroxylation is 2. The number of nitrogens with one attached hydrogen (secondary N) is 2. The number of sulfone groups is 1. The number of halogens is 1. The van der Waals surface area contributed by atoms with Gasteiger partial charge in [-0.15, -0.1) is 0 Å². The van der Waals surface area contributed by atoms with Crippen LogP contribution in [0.4, 0.5) is 15.8 Å². The Morgan fingerprint density at radius 1 is 0.971 bits per heavy atom. The lowest BCUT2D eigenvalue weighted by molar-refractivity contribution is -0.137. The van der Waals surface area contributed by atoms with E-state index >= 15 is 0 Å². The summed E-state index contributed by atoms with van der Waals surface area (Å²) in [6, 6.07) is 18.3. The Morgan fingerprint density at radius 3 is 2.26 bits per heavy atom. The van der Waals surface area contributed by atoms with E-state index < -0.39 is 26.5 Å². The third kappa shape index (κ3) is 6.70. The van der Waals surface area contributed by atoms with Crippen molar-refractivity contribution in [1.82, 2.24) is 5.32 Å². The van der Waals surface area contributed by atoms with Gasteiger partial charge in [-0.2, -0.15) is 0 Å². The molecule has 0 spiro atoms. The minimum atomic E-state index is -4.37. The third-order valence-electron chi connectivity index (χ3n) is 5.30. The Bertz CT molecular complexity index is 1300. The van der Waals surface area contributed by atoms with Crippen LogP contribution in [0.25, 0.3) is 0 Å². The quantitative estimate of drug-likeness (QED) is 0.222. The molecule has 0 heterocycles. The summed E-state index contributed by atoms with van der Waals surface area (Å²) in [7, 11) is -4.37. The van der Waals surface area contributed by atoms with Crippen molar-refractivity contribution < 1.29 is 22.3 Å². The average Bonchev–Trinajstić information content (AvgIpc) is 2.83. The Kier molecular flexibility index (Phi) is 8.65. The third-order valence-corrected chi connectivity index (χ3v) is 7.10. The lowest BCUT2D eigenvalue weighted by Gasteiger charge is -2.15. The van der Waals surface area contributed by atoms with Gasteiger partial charge in [-0.05, 0) is 61.7 Å². The van der Waals surface area contributed by atoms with Crippen LogP contribution in [-0.4, -0.2) is 21.0 Å². The second-order valence-corrected chi connectivity index (χ2v) is 9.80. The zero-order chi connectivity index (χ0) is 25.4. The van der Waals surface area contributed by atoms with Crippen LogP contribution in [0.5, 0.6) is 0 Å². The van der Waals surface area contributed by atoms with Gasteiger partial charge in [0, 0.05) is 18.4 Å². The molecule has 3 aromatic rings. The average molecular weight is 497 g/mol. The second kappa shape index (κ2) is 11.7. The van der Waals surface area contributed by atoms with Crippen LogP contribution in [-0.2, 0) is 32.3 Å². The number of anilines is 2. The summed E-state index contributed by atoms with van der Waals surface area (Å²) in [5, 5.41) is 5.86. The van der Waals surface area contributed by atoms with Crippen LogP contribution in [0.15, 0.2) is 82.7 Å². The summed E-state index contributed by atoms with van der Waals surface area (Å²) >= 11 is 0. The standard InChI is InChI=1S/C27H29FN2O4S/c1-4-20-10-13-23(14-11-20)30-24-16-22(28)12-15-25(24)35(32,33)26(27(31)34-5-2)18-29-17-21-8-6-19(3)7-9-21/h6-16,18,29-30H,4-5,17H2,1-3H3/b26-18+. The fraction of sp³-hybridized carbons (Fsp3) is 0.222. The highest BCUT2D eigenvalue weighted by molar-refractivity contribution is 7.96. The van der Waals surface area contributed by atoms with Gasteiger partial charge < -0.3 is 15.4 Å². The highest BCUT2D eigenvalue weighted by Gasteiger charge is 2.31. The molecule has 0 aliphatic carbocycles. The first kappa shape index (κ1) is 26.0. The van der Waals surface area contributed by atoms with Crippen molar-refractivity contribution in [2.24, 2.45) is 0 Å². The maximum atomic E-state index is 14.1. The molecule has 35 heavy (non-hydrogen) atoms. The molecule has 0 bridgehead atoms. The van der Waals surface area contributed by atoms with Gasteiger partial charge in [-0.3, -0.25) is 0 Å². The van der Waals surface area contributed by atoms with Crippen molar-refractivity contribution in [3.63, 3.8) is 0 Å². The molecule has 0 saturated heterocycles. The summed E-state index contributed by atoms with van der Waals surface area (Å²) in [4.78, 5) is 11.8. The second-order valence-electron chi connectivity index (χ2n) is 7.91. The van der Waals surface area contributed by atoms with Gasteiger partial charge in [0.1, 0.15) is 5.82 Å². The van der Waals surface area contributed by atoms with Gasteiger partial charge >= 0.3 is 5.97 Å². The number of esters is 1. The van der Waals surface area contributed by atoms with Gasteiger partial charge in [0.2, 0.25) is 9.84 Å². The topological polar surface area (TPSA) is 84.5 Å². The monoisotopic (exact) mass is 496 g/mol. The molecule has 0 amide bonds. The molecule has 8 heteroatoms. The predicted molar refractivity (Wildman–Crippen MR) is 135 cm³/mol. The molecule has 0 aliphatic heterocycles. The molecule has 0 atom stereocenters. The fourth-order valence-corrected chi connectivity index (χ4v) is 4.75. The van der Waals surface area contributed by atoms with Gasteiger partial charge in [0.25, 0.3) is 0 Å². The molecule has 3 aromatic carbocycles. The van der Waals surface area contributed by atoms with E-state index in [1.165, 1.54) is 0 Å². The molecule has 0 fully saturated rings. The summed E-state index contributed by atoms with van der Waals surface area (Å²) in [6.45, 7) is 5.89. The molecular formula is C27H29FN2O4S. The molecule has 0 radical (unpaired) electrons. The molecule has 3 rings (SSSR count). The van der Waals surface area contributed by atoms with Gasteiger partial charge in [0.05, 0.1) is 17.2 Å². The number of rotatable bonds is 10. The predicted octanol–water partition coefficient (Wildman–Crippen LogP) is 5.41. The van der Waals surface area contributed by atoms with Crippen molar-refractivity contribution in [3.8, 4) is 0 Å². The van der Waals surface area contributed by atoms with E-state index in [0.717, 1.165) is 47.5 Å². The van der Waals surface area contributed by atoms with Crippen LogP contribution in [0, 0.1) is 12.7 Å². The maximum Gasteiger partial charge on any atom is 0.351 e. The van der Waals surface area contributed by atoms with E-state index in [1.807, 2.05) is 50.2 Å². The lowest BCUT2D eigenvalue weighted by atomic mass is 10.1. The molecule has 0 unspecified atom stereocenters. The summed E-state index contributed by atoms with van der Waals surface area (Å²) in [6.07, 6.45) is 1.99. The van der Waals surface area contributed by atoms with Crippen LogP contribution in [0.1, 0.15) is 30.5 Å². The fourth-order valence-electron chi connectivity index (χ4n) is 3.35. The Morgan fingerprint density at radius 2 is 1.63 bits per heavy atom. The normalized spacial score (nSPS) is 11.7. The lowest BCUT2D eigenvalue weighted by Crippen LogP contribution is -2.21. The van der Waals surface area contributed by atoms with E-state index in [4.69, 9.17) is 4.74 Å². The smallest absolute Gasteiger partial charge is 0.351 e. The molecule has 184 valence electrons. The van der Waals surface area contributed by atoms with Crippen LogP contribution in [0.2, 0.25) is 0 Å². The highest BCUT2D eigenvalue weighted by Crippen LogP contribution is 2.31. The molecular weight excluding hydrogens is 467 g/mol. The Balaban J connectivity index is 1.96. The number of hydrogen-bond donors (Lipinski definition) is 2.